The molecule has 4 aromatic carbocycles. The average Bonchev–Trinajstić information content (AvgIpc) is 4.26. The minimum atomic E-state index is -1.26. The Morgan fingerprint density at radius 2 is 0.525 bits per heavy atom. The van der Waals surface area contributed by atoms with E-state index in [1.54, 1.807) is 48.5 Å². The normalized spacial score (nSPS) is 10.8. The number of carboxylic acids is 6. The Bertz CT molecular complexity index is 2980. The van der Waals surface area contributed by atoms with Crippen LogP contribution in [-0.4, -0.2) is 110 Å². The van der Waals surface area contributed by atoms with Gasteiger partial charge in [0, 0.05) is 132 Å². The first kappa shape index (κ1) is 62.2. The van der Waals surface area contributed by atoms with E-state index in [4.69, 9.17) is 30.6 Å². The fourth-order valence-electron chi connectivity index (χ4n) is 7.25. The van der Waals surface area contributed by atoms with Gasteiger partial charge < -0.3 is 50.6 Å². The summed E-state index contributed by atoms with van der Waals surface area (Å²) in [5.74, 6) is -8.50. The van der Waals surface area contributed by atoms with E-state index >= 15 is 0 Å². The van der Waals surface area contributed by atoms with Crippen LogP contribution in [0.3, 0.4) is 0 Å². The number of rotatable bonds is 18. The second-order valence-electron chi connectivity index (χ2n) is 17.0. The zero-order chi connectivity index (χ0) is 58.7. The molecule has 0 aliphatic heterocycles. The number of benzene rings is 4. The molecule has 0 unspecified atom stereocenters. The van der Waals surface area contributed by atoms with Gasteiger partial charge in [0.05, 0.1) is 0 Å². The first-order chi connectivity index (χ1) is 38.1. The number of nitrogens with zero attached hydrogens (tertiary/aromatic N) is 2. The second kappa shape index (κ2) is 31.7. The molecule has 0 saturated heterocycles. The minimum absolute atomic E-state index is 0.239. The summed E-state index contributed by atoms with van der Waals surface area (Å²) in [5, 5.41) is 46.9. The highest BCUT2D eigenvalue weighted by Crippen LogP contribution is 2.27. The Hall–Kier alpha value is -10.3. The molecule has 4 heterocycles. The van der Waals surface area contributed by atoms with Gasteiger partial charge in [-0.25, -0.2) is 46.3 Å². The van der Waals surface area contributed by atoms with Gasteiger partial charge in [-0.2, -0.15) is 0 Å². The quantitative estimate of drug-likeness (QED) is 0.0283. The third-order valence-electron chi connectivity index (χ3n) is 10.5. The molecule has 0 atom stereocenters. The fourth-order valence-corrected chi connectivity index (χ4v) is 7.25. The molecule has 0 aliphatic rings. The SMILES string of the molecule is CN(Cc1c[nH]c(-c2ccccc2F)c1)Cc1c[nH]c(-c2ccccc2F)c1.CN(Cc1c[nH]c(-c2ccccc2F)c1)Cc1c[nH]c(-c2ccccc2F)c1.O=C(O)/C=C/C(=O)O.O=C(O)/C=C/C(=O)O.O=C(O)/C=C/C(=O)O. The van der Waals surface area contributed by atoms with Crippen molar-refractivity contribution in [2.24, 2.45) is 0 Å². The molecular formula is C58H54F4N6O12. The summed E-state index contributed by atoms with van der Waals surface area (Å²) >= 11 is 0. The van der Waals surface area contributed by atoms with Gasteiger partial charge in [0.25, 0.3) is 0 Å². The van der Waals surface area contributed by atoms with Crippen molar-refractivity contribution in [2.45, 2.75) is 26.2 Å². The van der Waals surface area contributed by atoms with E-state index in [9.17, 15) is 46.3 Å². The van der Waals surface area contributed by atoms with E-state index in [0.717, 1.165) is 45.0 Å². The van der Waals surface area contributed by atoms with Gasteiger partial charge >= 0.3 is 35.8 Å². The van der Waals surface area contributed by atoms with Crippen LogP contribution in [0, 0.1) is 23.3 Å². The number of H-pyrrole nitrogens is 4. The Balaban J connectivity index is 0.000000246. The fraction of sp³-hybridized carbons (Fsp3) is 0.103. The zero-order valence-corrected chi connectivity index (χ0v) is 42.7. The Labute approximate surface area is 454 Å². The van der Waals surface area contributed by atoms with Crippen molar-refractivity contribution < 1.29 is 77.0 Å². The number of aliphatic carboxylic acids is 6. The third kappa shape index (κ3) is 22.1. The Morgan fingerprint density at radius 1 is 0.350 bits per heavy atom. The molecule has 22 heteroatoms. The van der Waals surface area contributed by atoms with Crippen LogP contribution in [0.4, 0.5) is 17.6 Å². The number of aromatic nitrogens is 4. The molecule has 18 nitrogen and oxygen atoms in total. The summed E-state index contributed by atoms with van der Waals surface area (Å²) in [4.78, 5) is 74.2. The van der Waals surface area contributed by atoms with Gasteiger partial charge in [0.2, 0.25) is 0 Å². The molecule has 0 fully saturated rings. The Morgan fingerprint density at radius 3 is 0.688 bits per heavy atom. The molecule has 0 bridgehead atoms. The highest BCUT2D eigenvalue weighted by Gasteiger charge is 2.13. The second-order valence-corrected chi connectivity index (χ2v) is 17.0. The maximum Gasteiger partial charge on any atom is 0.328 e. The summed E-state index contributed by atoms with van der Waals surface area (Å²) < 4.78 is 55.8. The summed E-state index contributed by atoms with van der Waals surface area (Å²) in [6, 6.07) is 34.8. The lowest BCUT2D eigenvalue weighted by Gasteiger charge is -2.14. The monoisotopic (exact) mass is 1100 g/mol. The number of carboxylic acid groups (broad SMARTS) is 6. The predicted molar refractivity (Wildman–Crippen MR) is 288 cm³/mol. The van der Waals surface area contributed by atoms with Crippen molar-refractivity contribution >= 4 is 35.8 Å². The maximum atomic E-state index is 13.9. The average molecular weight is 1100 g/mol. The number of hydrogen-bond acceptors (Lipinski definition) is 8. The molecular weight excluding hydrogens is 1050 g/mol. The molecule has 416 valence electrons. The lowest BCUT2D eigenvalue weighted by atomic mass is 10.1. The van der Waals surface area contributed by atoms with Crippen molar-refractivity contribution in [3.8, 4) is 45.0 Å². The number of halogens is 4. The van der Waals surface area contributed by atoms with Crippen molar-refractivity contribution in [3.05, 3.63) is 228 Å². The smallest absolute Gasteiger partial charge is 0.328 e. The third-order valence-corrected chi connectivity index (χ3v) is 10.5. The molecule has 4 aromatic heterocycles. The van der Waals surface area contributed by atoms with E-state index in [1.807, 2.05) is 87.4 Å². The van der Waals surface area contributed by atoms with Crippen LogP contribution in [0.5, 0.6) is 0 Å². The number of carbonyl (C=O) groups is 6. The predicted octanol–water partition coefficient (Wildman–Crippen LogP) is 10.3. The van der Waals surface area contributed by atoms with Crippen molar-refractivity contribution in [1.82, 2.24) is 29.7 Å². The highest BCUT2D eigenvalue weighted by molar-refractivity contribution is 5.90. The molecule has 0 spiro atoms. The minimum Gasteiger partial charge on any atom is -0.478 e. The van der Waals surface area contributed by atoms with Crippen LogP contribution >= 0.6 is 0 Å². The van der Waals surface area contributed by atoms with Crippen LogP contribution in [0.25, 0.3) is 45.0 Å². The molecule has 10 N–H and O–H groups in total. The van der Waals surface area contributed by atoms with Crippen LogP contribution in [0.15, 0.2) is 183 Å². The van der Waals surface area contributed by atoms with Gasteiger partial charge in [-0.3, -0.25) is 9.80 Å². The Kier molecular flexibility index (Phi) is 24.6. The first-order valence-electron chi connectivity index (χ1n) is 23.6. The van der Waals surface area contributed by atoms with E-state index in [1.165, 1.54) is 24.3 Å². The lowest BCUT2D eigenvalue weighted by molar-refractivity contribution is -0.134. The topological polar surface area (TPSA) is 293 Å². The van der Waals surface area contributed by atoms with Gasteiger partial charge in [-0.05, 0) is 109 Å². The van der Waals surface area contributed by atoms with Gasteiger partial charge in [-0.15, -0.1) is 0 Å². The lowest BCUT2D eigenvalue weighted by Crippen LogP contribution is -2.16. The summed E-state index contributed by atoms with van der Waals surface area (Å²) in [6.45, 7) is 2.85. The van der Waals surface area contributed by atoms with E-state index in [0.29, 0.717) is 84.9 Å². The largest absolute Gasteiger partial charge is 0.478 e. The summed E-state index contributed by atoms with van der Waals surface area (Å²) in [6.07, 6.45) is 11.0. The van der Waals surface area contributed by atoms with Crippen molar-refractivity contribution in [3.63, 3.8) is 0 Å². The van der Waals surface area contributed by atoms with Crippen LogP contribution < -0.4 is 0 Å². The van der Waals surface area contributed by atoms with Crippen LogP contribution in [-0.2, 0) is 54.9 Å². The standard InChI is InChI=1S/2C23H21F2N3.3C4H4O4/c2*1-28(14-16-10-22(26-12-16)18-6-2-4-8-20(18)24)15-17-11-23(27-13-17)19-7-3-5-9-21(19)25;3*5-3(6)1-2-4(7)8/h2*2-13,26-27H,14-15H2,1H3;3*1-2H,(H,5,6)(H,7,8)/b;;3*2-1+. The molecule has 8 aromatic rings. The first-order valence-corrected chi connectivity index (χ1v) is 23.6. The maximum absolute atomic E-state index is 13.9. The number of hydrogen-bond donors (Lipinski definition) is 10. The van der Waals surface area contributed by atoms with Crippen molar-refractivity contribution in [1.29, 1.82) is 0 Å². The summed E-state index contributed by atoms with van der Waals surface area (Å²) in [7, 11) is 4.04. The van der Waals surface area contributed by atoms with E-state index in [-0.39, 0.29) is 23.3 Å². The molecule has 0 aliphatic carbocycles. The van der Waals surface area contributed by atoms with Crippen LogP contribution in [0.1, 0.15) is 22.3 Å². The number of aromatic amines is 4. The molecule has 0 amide bonds. The van der Waals surface area contributed by atoms with E-state index in [2.05, 4.69) is 29.7 Å². The molecule has 0 radical (unpaired) electrons. The molecule has 8 rings (SSSR count). The summed E-state index contributed by atoms with van der Waals surface area (Å²) in [5.41, 5.74) is 9.64. The van der Waals surface area contributed by atoms with E-state index < -0.39 is 35.8 Å². The molecule has 0 saturated carbocycles. The van der Waals surface area contributed by atoms with Gasteiger partial charge in [0.15, 0.2) is 0 Å². The van der Waals surface area contributed by atoms with Gasteiger partial charge in [-0.1, -0.05) is 48.5 Å². The molecule has 80 heavy (non-hydrogen) atoms. The number of nitrogens with one attached hydrogen (secondary N) is 4. The van der Waals surface area contributed by atoms with Crippen molar-refractivity contribution in [2.75, 3.05) is 14.1 Å². The van der Waals surface area contributed by atoms with Gasteiger partial charge in [0.1, 0.15) is 23.3 Å². The highest BCUT2D eigenvalue weighted by atomic mass is 19.1. The zero-order valence-electron chi connectivity index (χ0n) is 42.7. The van der Waals surface area contributed by atoms with Crippen LogP contribution in [0.2, 0.25) is 0 Å².